The number of allylic oxidation sites excluding steroid dienone is 2. The van der Waals surface area contributed by atoms with Crippen LogP contribution in [0.1, 0.15) is 44.6 Å². The Kier molecular flexibility index (Phi) is 6.47. The van der Waals surface area contributed by atoms with Gasteiger partial charge in [-0.2, -0.15) is 0 Å². The van der Waals surface area contributed by atoms with Crippen LogP contribution in [0.3, 0.4) is 0 Å². The molecule has 0 radical (unpaired) electrons. The van der Waals surface area contributed by atoms with Gasteiger partial charge >= 0.3 is 0 Å². The first-order chi connectivity index (χ1) is 12.7. The Morgan fingerprint density at radius 2 is 2.00 bits per heavy atom. The first-order valence-electron chi connectivity index (χ1n) is 9.25. The van der Waals surface area contributed by atoms with Gasteiger partial charge in [0.15, 0.2) is 0 Å². The van der Waals surface area contributed by atoms with E-state index in [0.29, 0.717) is 17.2 Å². The standard InChI is InChI=1S/C23H23ClFN/c1-2-3-4-17-5-7-18(8-6-17)9-10-19-11-14-23(26-16-19)20-12-13-21(24)22(25)15-20/h3-4,11-18H,2,5-8H2,1H3/b4-3+/t17-,18-. The van der Waals surface area contributed by atoms with Crippen LogP contribution in [-0.4, -0.2) is 4.98 Å². The van der Waals surface area contributed by atoms with E-state index in [9.17, 15) is 4.39 Å². The summed E-state index contributed by atoms with van der Waals surface area (Å²) < 4.78 is 13.6. The maximum atomic E-state index is 13.6. The highest BCUT2D eigenvalue weighted by molar-refractivity contribution is 6.30. The molecule has 0 unspecified atom stereocenters. The zero-order valence-corrected chi connectivity index (χ0v) is 15.8. The highest BCUT2D eigenvalue weighted by Crippen LogP contribution is 2.29. The highest BCUT2D eigenvalue weighted by atomic mass is 35.5. The molecule has 0 amide bonds. The predicted octanol–water partition coefficient (Wildman–Crippen LogP) is 6.67. The van der Waals surface area contributed by atoms with Crippen LogP contribution in [-0.2, 0) is 0 Å². The third kappa shape index (κ3) is 4.96. The van der Waals surface area contributed by atoms with Crippen LogP contribution in [0.2, 0.25) is 5.02 Å². The molecule has 1 saturated carbocycles. The SMILES string of the molecule is CC/C=C/[C@H]1CC[C@H](C#Cc2ccc(-c3ccc(Cl)c(F)c3)nc2)CC1. The van der Waals surface area contributed by atoms with E-state index >= 15 is 0 Å². The van der Waals surface area contributed by atoms with Crippen molar-refractivity contribution in [1.82, 2.24) is 4.98 Å². The van der Waals surface area contributed by atoms with Crippen LogP contribution < -0.4 is 0 Å². The lowest BCUT2D eigenvalue weighted by Crippen LogP contribution is -2.11. The molecule has 3 heteroatoms. The molecule has 134 valence electrons. The summed E-state index contributed by atoms with van der Waals surface area (Å²) in [6, 6.07) is 8.54. The van der Waals surface area contributed by atoms with E-state index in [2.05, 4.69) is 35.9 Å². The maximum absolute atomic E-state index is 13.6. The van der Waals surface area contributed by atoms with Gasteiger partial charge in [-0.05, 0) is 62.3 Å². The van der Waals surface area contributed by atoms with Crippen molar-refractivity contribution in [2.75, 3.05) is 0 Å². The molecule has 0 atom stereocenters. The molecule has 1 heterocycles. The second-order valence-corrected chi connectivity index (χ2v) is 7.19. The van der Waals surface area contributed by atoms with Crippen LogP contribution in [0.4, 0.5) is 4.39 Å². The molecule has 0 aliphatic heterocycles. The zero-order chi connectivity index (χ0) is 18.4. The van der Waals surface area contributed by atoms with Gasteiger partial charge in [0.1, 0.15) is 5.82 Å². The summed E-state index contributed by atoms with van der Waals surface area (Å²) in [5.41, 5.74) is 2.33. The van der Waals surface area contributed by atoms with Gasteiger partial charge in [0.05, 0.1) is 10.7 Å². The van der Waals surface area contributed by atoms with Crippen molar-refractivity contribution >= 4 is 11.6 Å². The van der Waals surface area contributed by atoms with Crippen molar-refractivity contribution in [3.63, 3.8) is 0 Å². The van der Waals surface area contributed by atoms with Crippen molar-refractivity contribution in [1.29, 1.82) is 0 Å². The number of aromatic nitrogens is 1. The molecule has 0 N–H and O–H groups in total. The minimum atomic E-state index is -0.431. The molecule has 0 bridgehead atoms. The molecule has 0 saturated heterocycles. The first-order valence-corrected chi connectivity index (χ1v) is 9.63. The molecule has 1 aromatic heterocycles. The summed E-state index contributed by atoms with van der Waals surface area (Å²) >= 11 is 5.72. The summed E-state index contributed by atoms with van der Waals surface area (Å²) in [5.74, 6) is 7.42. The zero-order valence-electron chi connectivity index (χ0n) is 15.0. The number of halogens is 2. The molecular weight excluding hydrogens is 345 g/mol. The molecule has 3 rings (SSSR count). The van der Waals surface area contributed by atoms with E-state index in [0.717, 1.165) is 17.9 Å². The Balaban J connectivity index is 1.61. The number of hydrogen-bond acceptors (Lipinski definition) is 1. The van der Waals surface area contributed by atoms with E-state index in [1.54, 1.807) is 18.3 Å². The van der Waals surface area contributed by atoms with Crippen molar-refractivity contribution in [2.24, 2.45) is 11.8 Å². The van der Waals surface area contributed by atoms with Gasteiger partial charge < -0.3 is 0 Å². The predicted molar refractivity (Wildman–Crippen MR) is 106 cm³/mol. The summed E-state index contributed by atoms with van der Waals surface area (Å²) in [4.78, 5) is 4.41. The topological polar surface area (TPSA) is 12.9 Å². The normalized spacial score (nSPS) is 20.0. The van der Waals surface area contributed by atoms with E-state index in [1.807, 2.05) is 12.1 Å². The second kappa shape index (κ2) is 9.01. The molecular formula is C23H23ClFN. The smallest absolute Gasteiger partial charge is 0.142 e. The summed E-state index contributed by atoms with van der Waals surface area (Å²) in [6.45, 7) is 2.18. The first kappa shape index (κ1) is 18.7. The lowest BCUT2D eigenvalue weighted by Gasteiger charge is -2.23. The van der Waals surface area contributed by atoms with Crippen LogP contribution in [0, 0.1) is 29.5 Å². The molecule has 26 heavy (non-hydrogen) atoms. The Hall–Kier alpha value is -2.11. The van der Waals surface area contributed by atoms with Crippen molar-refractivity contribution < 1.29 is 4.39 Å². The van der Waals surface area contributed by atoms with Gasteiger partial charge in [0.25, 0.3) is 0 Å². The van der Waals surface area contributed by atoms with Crippen molar-refractivity contribution in [3.8, 4) is 23.1 Å². The molecule has 2 aromatic rings. The maximum Gasteiger partial charge on any atom is 0.142 e. The van der Waals surface area contributed by atoms with Gasteiger partial charge in [-0.25, -0.2) is 4.39 Å². The Bertz CT molecular complexity index is 822. The fraction of sp³-hybridized carbons (Fsp3) is 0.348. The minimum Gasteiger partial charge on any atom is -0.255 e. The second-order valence-electron chi connectivity index (χ2n) is 6.78. The number of rotatable bonds is 3. The summed E-state index contributed by atoms with van der Waals surface area (Å²) in [7, 11) is 0. The van der Waals surface area contributed by atoms with Crippen molar-refractivity contribution in [3.05, 3.63) is 65.1 Å². The lowest BCUT2D eigenvalue weighted by molar-refractivity contribution is 0.364. The quantitative estimate of drug-likeness (QED) is 0.436. The van der Waals surface area contributed by atoms with Gasteiger partial charge in [0.2, 0.25) is 0 Å². The van der Waals surface area contributed by atoms with Gasteiger partial charge in [-0.15, -0.1) is 0 Å². The summed E-state index contributed by atoms with van der Waals surface area (Å²) in [5, 5.41) is 0.121. The van der Waals surface area contributed by atoms with E-state index < -0.39 is 5.82 Å². The molecule has 0 spiro atoms. The van der Waals surface area contributed by atoms with Crippen molar-refractivity contribution in [2.45, 2.75) is 39.0 Å². The number of pyridine rings is 1. The van der Waals surface area contributed by atoms with E-state index in [1.165, 1.54) is 31.7 Å². The average molecular weight is 368 g/mol. The third-order valence-electron chi connectivity index (χ3n) is 4.82. The Morgan fingerprint density at radius 1 is 1.19 bits per heavy atom. The fourth-order valence-corrected chi connectivity index (χ4v) is 3.38. The molecule has 1 aliphatic rings. The average Bonchev–Trinajstić information content (AvgIpc) is 2.68. The molecule has 1 aromatic carbocycles. The van der Waals surface area contributed by atoms with Gasteiger partial charge in [0, 0.05) is 23.2 Å². The van der Waals surface area contributed by atoms with Gasteiger partial charge in [-0.1, -0.05) is 48.6 Å². The van der Waals surface area contributed by atoms with Gasteiger partial charge in [-0.3, -0.25) is 4.98 Å². The van der Waals surface area contributed by atoms with Crippen LogP contribution in [0.15, 0.2) is 48.7 Å². The Morgan fingerprint density at radius 3 is 2.65 bits per heavy atom. The van der Waals surface area contributed by atoms with Crippen LogP contribution >= 0.6 is 11.6 Å². The monoisotopic (exact) mass is 367 g/mol. The Labute approximate surface area is 160 Å². The number of hydrogen-bond donors (Lipinski definition) is 0. The van der Waals surface area contributed by atoms with Crippen LogP contribution in [0.25, 0.3) is 11.3 Å². The summed E-state index contributed by atoms with van der Waals surface area (Å²) in [6.07, 6.45) is 12.3. The number of benzene rings is 1. The third-order valence-corrected chi connectivity index (χ3v) is 5.12. The molecule has 1 aliphatic carbocycles. The minimum absolute atomic E-state index is 0.121. The fourth-order valence-electron chi connectivity index (χ4n) is 3.26. The molecule has 1 nitrogen and oxygen atoms in total. The van der Waals surface area contributed by atoms with E-state index in [4.69, 9.17) is 11.6 Å². The molecule has 1 fully saturated rings. The lowest BCUT2D eigenvalue weighted by atomic mass is 9.82. The highest BCUT2D eigenvalue weighted by Gasteiger charge is 2.17. The number of nitrogens with zero attached hydrogens (tertiary/aromatic N) is 1. The largest absolute Gasteiger partial charge is 0.255 e. The van der Waals surface area contributed by atoms with Crippen LogP contribution in [0.5, 0.6) is 0 Å². The van der Waals surface area contributed by atoms with E-state index in [-0.39, 0.29) is 5.02 Å².